The van der Waals surface area contributed by atoms with E-state index >= 15 is 0 Å². The van der Waals surface area contributed by atoms with Gasteiger partial charge in [0.05, 0.1) is 20.6 Å². The van der Waals surface area contributed by atoms with Crippen LogP contribution < -0.4 is 0 Å². The summed E-state index contributed by atoms with van der Waals surface area (Å²) in [5.41, 5.74) is 0. The van der Waals surface area contributed by atoms with E-state index in [1.54, 1.807) is 6.92 Å². The lowest BCUT2D eigenvalue weighted by Gasteiger charge is -2.28. The fourth-order valence-electron chi connectivity index (χ4n) is 2.48. The summed E-state index contributed by atoms with van der Waals surface area (Å²) in [6.45, 7) is 5.66. The molecule has 0 atom stereocenters. The summed E-state index contributed by atoms with van der Waals surface area (Å²) in [6, 6.07) is 0. The molecule has 0 unspecified atom stereocenters. The van der Waals surface area contributed by atoms with Crippen LogP contribution in [0.25, 0.3) is 0 Å². The van der Waals surface area contributed by atoms with Crippen molar-refractivity contribution in [2.24, 2.45) is 0 Å². The van der Waals surface area contributed by atoms with E-state index in [1.807, 2.05) is 0 Å². The molecule has 0 saturated heterocycles. The zero-order chi connectivity index (χ0) is 14.6. The number of allylic oxidation sites excluding steroid dienone is 2. The lowest BCUT2D eigenvalue weighted by molar-refractivity contribution is -0.882. The molecule has 2 heteroatoms. The molecule has 0 saturated carbocycles. The molecule has 0 aromatic carbocycles. The number of carbonyl (C=O) groups is 1. The Bertz CT molecular complexity index is 256. The second kappa shape index (κ2) is 11.2. The Morgan fingerprint density at radius 1 is 0.947 bits per heavy atom. The van der Waals surface area contributed by atoms with E-state index in [0.717, 1.165) is 17.4 Å². The first-order valence-electron chi connectivity index (χ1n) is 7.94. The quantitative estimate of drug-likeness (QED) is 0.292. The van der Waals surface area contributed by atoms with Gasteiger partial charge in [0.15, 0.2) is 5.78 Å². The summed E-state index contributed by atoms with van der Waals surface area (Å²) >= 11 is 0. The van der Waals surface area contributed by atoms with Gasteiger partial charge < -0.3 is 4.48 Å². The third-order valence-electron chi connectivity index (χ3n) is 3.44. The van der Waals surface area contributed by atoms with Crippen molar-refractivity contribution in [3.63, 3.8) is 0 Å². The van der Waals surface area contributed by atoms with Gasteiger partial charge in [0.25, 0.3) is 0 Å². The summed E-state index contributed by atoms with van der Waals surface area (Å²) in [7, 11) is 4.31. The molecule has 2 nitrogen and oxygen atoms in total. The van der Waals surface area contributed by atoms with Crippen molar-refractivity contribution < 1.29 is 9.28 Å². The lowest BCUT2D eigenvalue weighted by Crippen LogP contribution is -2.43. The van der Waals surface area contributed by atoms with Gasteiger partial charge in [0.1, 0.15) is 6.54 Å². The van der Waals surface area contributed by atoms with Gasteiger partial charge in [-0.1, -0.05) is 38.3 Å². The zero-order valence-electron chi connectivity index (χ0n) is 13.6. The molecule has 0 heterocycles. The highest BCUT2D eigenvalue weighted by molar-refractivity contribution is 5.76. The van der Waals surface area contributed by atoms with Crippen molar-refractivity contribution in [2.75, 3.05) is 27.2 Å². The predicted molar refractivity (Wildman–Crippen MR) is 84.3 cm³/mol. The Balaban J connectivity index is 3.35. The molecule has 0 fully saturated rings. The molecule has 0 amide bonds. The molecule has 0 aromatic rings. The minimum absolute atomic E-state index is 0.296. The van der Waals surface area contributed by atoms with E-state index in [1.165, 1.54) is 44.9 Å². The third-order valence-corrected chi connectivity index (χ3v) is 3.44. The van der Waals surface area contributed by atoms with Gasteiger partial charge in [-0.2, -0.15) is 0 Å². The number of hydrogen-bond donors (Lipinski definition) is 0. The Kier molecular flexibility index (Phi) is 10.8. The molecule has 0 aliphatic carbocycles. The molecule has 19 heavy (non-hydrogen) atoms. The molecule has 0 rings (SSSR count). The average Bonchev–Trinajstić information content (AvgIpc) is 2.30. The number of rotatable bonds is 12. The third kappa shape index (κ3) is 13.6. The average molecular weight is 268 g/mol. The molecular weight excluding hydrogens is 234 g/mol. The number of likely N-dealkylation sites (N-methyl/N-ethyl adjacent to an activating group) is 1. The topological polar surface area (TPSA) is 17.1 Å². The van der Waals surface area contributed by atoms with Gasteiger partial charge in [-0.3, -0.25) is 4.79 Å². The van der Waals surface area contributed by atoms with Crippen molar-refractivity contribution in [3.05, 3.63) is 12.2 Å². The van der Waals surface area contributed by atoms with E-state index < -0.39 is 0 Å². The van der Waals surface area contributed by atoms with Gasteiger partial charge in [0.2, 0.25) is 0 Å². The monoisotopic (exact) mass is 268 g/mol. The largest absolute Gasteiger partial charge is 0.322 e. The molecule has 0 radical (unpaired) electrons. The van der Waals surface area contributed by atoms with Crippen molar-refractivity contribution in [1.82, 2.24) is 0 Å². The molecule has 0 aliphatic heterocycles. The maximum absolute atomic E-state index is 11.1. The Morgan fingerprint density at radius 2 is 1.53 bits per heavy atom. The first-order chi connectivity index (χ1) is 8.98. The van der Waals surface area contributed by atoms with Crippen molar-refractivity contribution in [1.29, 1.82) is 0 Å². The highest BCUT2D eigenvalue weighted by Crippen LogP contribution is 2.09. The smallest absolute Gasteiger partial charge is 0.183 e. The fraction of sp³-hybridized carbons (Fsp3) is 0.824. The first kappa shape index (κ1) is 18.4. The van der Waals surface area contributed by atoms with Crippen molar-refractivity contribution >= 4 is 5.78 Å². The molecule has 0 spiro atoms. The normalized spacial score (nSPS) is 12.2. The molecule has 0 aromatic heterocycles. The Hall–Kier alpha value is -0.630. The van der Waals surface area contributed by atoms with E-state index in [-0.39, 0.29) is 0 Å². The first-order valence-corrected chi connectivity index (χ1v) is 7.94. The standard InChI is InChI=1S/C17H34NO/c1-5-6-7-8-9-10-11-12-13-14-15-18(3,4)16-17(2)19/h6-7H,5,8-16H2,1-4H3/q+1/b7-6+. The van der Waals surface area contributed by atoms with Gasteiger partial charge in [0, 0.05) is 6.92 Å². The number of quaternary nitrogens is 1. The van der Waals surface area contributed by atoms with E-state index in [4.69, 9.17) is 0 Å². The minimum Gasteiger partial charge on any atom is -0.322 e. The molecule has 112 valence electrons. The number of unbranched alkanes of at least 4 members (excludes halogenated alkanes) is 6. The summed E-state index contributed by atoms with van der Waals surface area (Å²) in [4.78, 5) is 11.1. The minimum atomic E-state index is 0.296. The number of nitrogens with zero attached hydrogens (tertiary/aromatic N) is 1. The predicted octanol–water partition coefficient (Wildman–Crippen LogP) is 4.35. The van der Waals surface area contributed by atoms with Gasteiger partial charge in [-0.25, -0.2) is 0 Å². The zero-order valence-corrected chi connectivity index (χ0v) is 13.6. The summed E-state index contributed by atoms with van der Waals surface area (Å²) in [5.74, 6) is 0.296. The lowest BCUT2D eigenvalue weighted by atomic mass is 10.1. The van der Waals surface area contributed by atoms with Crippen LogP contribution in [0.3, 0.4) is 0 Å². The Labute approximate surface area is 120 Å². The van der Waals surface area contributed by atoms with Crippen LogP contribution in [0.2, 0.25) is 0 Å². The fourth-order valence-corrected chi connectivity index (χ4v) is 2.48. The second-order valence-electron chi connectivity index (χ2n) is 6.31. The summed E-state index contributed by atoms with van der Waals surface area (Å²) in [6.07, 6.45) is 14.9. The van der Waals surface area contributed by atoms with Crippen LogP contribution >= 0.6 is 0 Å². The van der Waals surface area contributed by atoms with Crippen LogP contribution in [0.1, 0.15) is 65.2 Å². The number of ketones is 1. The van der Waals surface area contributed by atoms with Crippen LogP contribution in [0.5, 0.6) is 0 Å². The van der Waals surface area contributed by atoms with E-state index in [0.29, 0.717) is 12.3 Å². The summed E-state index contributed by atoms with van der Waals surface area (Å²) in [5, 5.41) is 0. The second-order valence-corrected chi connectivity index (χ2v) is 6.31. The van der Waals surface area contributed by atoms with E-state index in [2.05, 4.69) is 33.2 Å². The molecule has 0 bridgehead atoms. The highest BCUT2D eigenvalue weighted by atomic mass is 16.1. The van der Waals surface area contributed by atoms with Crippen molar-refractivity contribution in [3.8, 4) is 0 Å². The molecule has 0 N–H and O–H groups in total. The van der Waals surface area contributed by atoms with Crippen molar-refractivity contribution in [2.45, 2.75) is 65.2 Å². The number of Topliss-reactive ketones (excluding diaryl/α,β-unsaturated/α-hetero) is 1. The van der Waals surface area contributed by atoms with Gasteiger partial charge in [-0.05, 0) is 32.1 Å². The number of carbonyl (C=O) groups excluding carboxylic acids is 1. The molecular formula is C17H34NO+. The van der Waals surface area contributed by atoms with Gasteiger partial charge >= 0.3 is 0 Å². The van der Waals surface area contributed by atoms with E-state index in [9.17, 15) is 4.79 Å². The molecule has 0 aliphatic rings. The van der Waals surface area contributed by atoms with Gasteiger partial charge in [-0.15, -0.1) is 0 Å². The maximum Gasteiger partial charge on any atom is 0.183 e. The maximum atomic E-state index is 11.1. The van der Waals surface area contributed by atoms with Crippen LogP contribution in [-0.2, 0) is 4.79 Å². The highest BCUT2D eigenvalue weighted by Gasteiger charge is 2.16. The van der Waals surface area contributed by atoms with Crippen LogP contribution in [-0.4, -0.2) is 37.5 Å². The SMILES string of the molecule is CC/C=C/CCCCCCCC[N+](C)(C)CC(C)=O. The van der Waals surface area contributed by atoms with Crippen LogP contribution in [0.4, 0.5) is 0 Å². The van der Waals surface area contributed by atoms with Crippen LogP contribution in [0, 0.1) is 0 Å². The van der Waals surface area contributed by atoms with Crippen LogP contribution in [0.15, 0.2) is 12.2 Å². The summed E-state index contributed by atoms with van der Waals surface area (Å²) < 4.78 is 0.844. The Morgan fingerprint density at radius 3 is 2.11 bits per heavy atom. The number of hydrogen-bond acceptors (Lipinski definition) is 1.